The van der Waals surface area contributed by atoms with Crippen LogP contribution in [-0.2, 0) is 0 Å². The molecule has 3 aromatic carbocycles. The molecule has 5 heteroatoms. The second-order valence-corrected chi connectivity index (χ2v) is 9.27. The molecule has 5 aromatic heterocycles. The first-order valence-electron chi connectivity index (χ1n) is 12.4. The first-order valence-corrected chi connectivity index (χ1v) is 12.4. The Balaban J connectivity index is 1.40. The maximum atomic E-state index is 6.33. The van der Waals surface area contributed by atoms with Gasteiger partial charge < -0.3 is 8.83 Å². The summed E-state index contributed by atoms with van der Waals surface area (Å²) in [4.78, 5) is 13.7. The van der Waals surface area contributed by atoms with Gasteiger partial charge in [0.05, 0.1) is 0 Å². The lowest BCUT2D eigenvalue weighted by Crippen LogP contribution is -1.90. The summed E-state index contributed by atoms with van der Waals surface area (Å²) in [6.07, 6.45) is 7.38. The zero-order chi connectivity index (χ0) is 25.1. The van der Waals surface area contributed by atoms with E-state index in [4.69, 9.17) is 8.83 Å². The van der Waals surface area contributed by atoms with E-state index in [1.165, 1.54) is 0 Å². The number of furan rings is 2. The molecule has 8 rings (SSSR count). The van der Waals surface area contributed by atoms with Gasteiger partial charge in [-0.1, -0.05) is 42.5 Å². The summed E-state index contributed by atoms with van der Waals surface area (Å²) in [7, 11) is 0. The fourth-order valence-corrected chi connectivity index (χ4v) is 5.36. The van der Waals surface area contributed by atoms with Crippen LogP contribution in [0.2, 0.25) is 0 Å². The molecular weight excluding hydrogens is 470 g/mol. The van der Waals surface area contributed by atoms with Gasteiger partial charge in [-0.05, 0) is 65.2 Å². The van der Waals surface area contributed by atoms with E-state index in [9.17, 15) is 0 Å². The number of fused-ring (bicyclic) bond motifs is 6. The van der Waals surface area contributed by atoms with Gasteiger partial charge >= 0.3 is 0 Å². The Labute approximate surface area is 217 Å². The van der Waals surface area contributed by atoms with Gasteiger partial charge in [-0.15, -0.1) is 0 Å². The summed E-state index contributed by atoms with van der Waals surface area (Å²) in [6, 6.07) is 30.6. The number of hydrogen-bond acceptors (Lipinski definition) is 5. The van der Waals surface area contributed by atoms with Gasteiger partial charge in [0.2, 0.25) is 0 Å². The molecular formula is C33H19N3O2. The predicted octanol–water partition coefficient (Wildman–Crippen LogP) is 8.67. The van der Waals surface area contributed by atoms with Gasteiger partial charge in [0.1, 0.15) is 22.2 Å². The number of pyridine rings is 3. The predicted molar refractivity (Wildman–Crippen MR) is 151 cm³/mol. The van der Waals surface area contributed by atoms with Crippen molar-refractivity contribution in [3.05, 3.63) is 116 Å². The van der Waals surface area contributed by atoms with Crippen LogP contribution in [0.3, 0.4) is 0 Å². The van der Waals surface area contributed by atoms with E-state index < -0.39 is 0 Å². The molecule has 0 N–H and O–H groups in total. The molecule has 38 heavy (non-hydrogen) atoms. The van der Waals surface area contributed by atoms with Crippen LogP contribution in [0.4, 0.5) is 0 Å². The van der Waals surface area contributed by atoms with Crippen molar-refractivity contribution in [3.63, 3.8) is 0 Å². The summed E-state index contributed by atoms with van der Waals surface area (Å²) in [5.74, 6) is 0. The maximum Gasteiger partial charge on any atom is 0.161 e. The Morgan fingerprint density at radius 3 is 1.82 bits per heavy atom. The summed E-state index contributed by atoms with van der Waals surface area (Å²) >= 11 is 0. The molecule has 0 amide bonds. The Hall–Kier alpha value is -5.29. The van der Waals surface area contributed by atoms with Crippen LogP contribution in [0.5, 0.6) is 0 Å². The normalized spacial score (nSPS) is 11.7. The lowest BCUT2D eigenvalue weighted by Gasteiger charge is -2.13. The monoisotopic (exact) mass is 489 g/mol. The average Bonchev–Trinajstić information content (AvgIpc) is 3.56. The molecule has 0 saturated carbocycles. The molecule has 5 heterocycles. The largest absolute Gasteiger partial charge is 0.454 e. The number of aromatic nitrogens is 3. The standard InChI is InChI=1S/C33H19N3O2/c1-3-9-28-25(7-1)30-32(37-28)22(13-16-35-30)20-11-12-23(27(18-20)21-6-5-15-34-19-21)24-14-17-36-31-26-8-2-4-10-29(26)38-33(24)31/h1-19H. The smallest absolute Gasteiger partial charge is 0.161 e. The van der Waals surface area contributed by atoms with E-state index in [0.29, 0.717) is 0 Å². The molecule has 0 spiro atoms. The number of rotatable bonds is 3. The molecule has 0 aliphatic rings. The van der Waals surface area contributed by atoms with E-state index in [-0.39, 0.29) is 0 Å². The molecule has 0 fully saturated rings. The van der Waals surface area contributed by atoms with Crippen LogP contribution in [-0.4, -0.2) is 15.0 Å². The number of nitrogens with zero attached hydrogens (tertiary/aromatic N) is 3. The van der Waals surface area contributed by atoms with Gasteiger partial charge in [-0.3, -0.25) is 15.0 Å². The van der Waals surface area contributed by atoms with Gasteiger partial charge in [-0.25, -0.2) is 0 Å². The molecule has 0 aliphatic carbocycles. The third kappa shape index (κ3) is 3.09. The van der Waals surface area contributed by atoms with Crippen LogP contribution >= 0.6 is 0 Å². The maximum absolute atomic E-state index is 6.33. The summed E-state index contributed by atoms with van der Waals surface area (Å²) in [6.45, 7) is 0. The Morgan fingerprint density at radius 2 is 1.13 bits per heavy atom. The Bertz CT molecular complexity index is 2140. The third-order valence-electron chi connectivity index (χ3n) is 7.11. The second kappa shape index (κ2) is 8.11. The van der Waals surface area contributed by atoms with Crippen LogP contribution in [0.15, 0.2) is 125 Å². The lowest BCUT2D eigenvalue weighted by molar-refractivity contribution is 0.668. The minimum atomic E-state index is 0.773. The van der Waals surface area contributed by atoms with Gasteiger partial charge in [0, 0.05) is 52.3 Å². The van der Waals surface area contributed by atoms with Crippen molar-refractivity contribution in [1.29, 1.82) is 0 Å². The molecule has 0 aliphatic heterocycles. The van der Waals surface area contributed by atoms with Crippen molar-refractivity contribution in [2.24, 2.45) is 0 Å². The molecule has 178 valence electrons. The van der Waals surface area contributed by atoms with Crippen LogP contribution in [0, 0.1) is 0 Å². The lowest BCUT2D eigenvalue weighted by atomic mass is 9.91. The SMILES string of the molecule is c1cncc(-c2cc(-c3ccnc4c3oc3ccccc34)ccc2-c2ccnc3c2oc2ccccc23)c1. The minimum Gasteiger partial charge on any atom is -0.454 e. The van der Waals surface area contributed by atoms with Crippen molar-refractivity contribution < 1.29 is 8.83 Å². The van der Waals surface area contributed by atoms with Crippen LogP contribution in [0.1, 0.15) is 0 Å². The highest BCUT2D eigenvalue weighted by Gasteiger charge is 2.19. The second-order valence-electron chi connectivity index (χ2n) is 9.27. The van der Waals surface area contributed by atoms with E-state index in [0.717, 1.165) is 77.5 Å². The number of hydrogen-bond donors (Lipinski definition) is 0. The first-order chi connectivity index (χ1) is 18.8. The highest BCUT2D eigenvalue weighted by Crippen LogP contribution is 2.42. The van der Waals surface area contributed by atoms with E-state index in [1.807, 2.05) is 85.3 Å². The van der Waals surface area contributed by atoms with Gasteiger partial charge in [0.15, 0.2) is 11.2 Å². The topological polar surface area (TPSA) is 65.0 Å². The molecule has 0 bridgehead atoms. The summed E-state index contributed by atoms with van der Waals surface area (Å²) in [5.41, 5.74) is 11.0. The zero-order valence-corrected chi connectivity index (χ0v) is 20.1. The fraction of sp³-hybridized carbons (Fsp3) is 0. The van der Waals surface area contributed by atoms with Crippen molar-refractivity contribution in [1.82, 2.24) is 15.0 Å². The zero-order valence-electron chi connectivity index (χ0n) is 20.1. The molecule has 0 atom stereocenters. The fourth-order valence-electron chi connectivity index (χ4n) is 5.36. The quantitative estimate of drug-likeness (QED) is 0.248. The Kier molecular flexibility index (Phi) is 4.45. The number of benzene rings is 3. The molecule has 0 unspecified atom stereocenters. The highest BCUT2D eigenvalue weighted by molar-refractivity contribution is 6.10. The van der Waals surface area contributed by atoms with E-state index in [2.05, 4.69) is 39.2 Å². The average molecular weight is 490 g/mol. The molecule has 0 radical (unpaired) electrons. The van der Waals surface area contributed by atoms with Gasteiger partial charge in [-0.2, -0.15) is 0 Å². The molecule has 8 aromatic rings. The van der Waals surface area contributed by atoms with Crippen molar-refractivity contribution >= 4 is 44.1 Å². The van der Waals surface area contributed by atoms with E-state index in [1.54, 1.807) is 6.20 Å². The first kappa shape index (κ1) is 20.9. The van der Waals surface area contributed by atoms with E-state index >= 15 is 0 Å². The minimum absolute atomic E-state index is 0.773. The van der Waals surface area contributed by atoms with Gasteiger partial charge in [0.25, 0.3) is 0 Å². The van der Waals surface area contributed by atoms with Crippen molar-refractivity contribution in [3.8, 4) is 33.4 Å². The molecule has 5 nitrogen and oxygen atoms in total. The Morgan fingerprint density at radius 1 is 0.474 bits per heavy atom. The number of para-hydroxylation sites is 2. The van der Waals surface area contributed by atoms with Crippen LogP contribution in [0.25, 0.3) is 77.5 Å². The third-order valence-corrected chi connectivity index (χ3v) is 7.11. The molecule has 0 saturated heterocycles. The summed E-state index contributed by atoms with van der Waals surface area (Å²) < 4.78 is 12.6. The van der Waals surface area contributed by atoms with Crippen molar-refractivity contribution in [2.45, 2.75) is 0 Å². The van der Waals surface area contributed by atoms with Crippen LogP contribution < -0.4 is 0 Å². The highest BCUT2D eigenvalue weighted by atomic mass is 16.3. The summed E-state index contributed by atoms with van der Waals surface area (Å²) in [5, 5.41) is 2.02. The van der Waals surface area contributed by atoms with Crippen molar-refractivity contribution in [2.75, 3.05) is 0 Å².